The molecule has 4 nitrogen and oxygen atoms in total. The third-order valence-corrected chi connectivity index (χ3v) is 3.67. The predicted molar refractivity (Wildman–Crippen MR) is 83.1 cm³/mol. The van der Waals surface area contributed by atoms with Crippen LogP contribution in [0.25, 0.3) is 33.1 Å². The molecule has 0 fully saturated rings. The fourth-order valence-electron chi connectivity index (χ4n) is 2.45. The molecule has 2 heterocycles. The van der Waals surface area contributed by atoms with Gasteiger partial charge in [0.1, 0.15) is 5.52 Å². The zero-order valence-corrected chi connectivity index (χ0v) is 11.6. The van der Waals surface area contributed by atoms with Gasteiger partial charge in [-0.05, 0) is 6.07 Å². The fourth-order valence-corrected chi connectivity index (χ4v) is 2.70. The van der Waals surface area contributed by atoms with Crippen LogP contribution >= 0.6 is 11.6 Å². The van der Waals surface area contributed by atoms with Crippen molar-refractivity contribution in [3.63, 3.8) is 0 Å². The van der Waals surface area contributed by atoms with Crippen molar-refractivity contribution in [2.75, 3.05) is 0 Å². The number of rotatable bonds is 1. The Morgan fingerprint density at radius 2 is 1.67 bits per heavy atom. The lowest BCUT2D eigenvalue weighted by Gasteiger charge is -2.03. The molecular formula is C16H9ClN4. The lowest BCUT2D eigenvalue weighted by atomic mass is 10.1. The lowest BCUT2D eigenvalue weighted by molar-refractivity contribution is 1.12. The van der Waals surface area contributed by atoms with Gasteiger partial charge in [0.2, 0.25) is 0 Å². The van der Waals surface area contributed by atoms with E-state index in [0.717, 1.165) is 27.5 Å². The number of fused-ring (bicyclic) bond motifs is 3. The zero-order valence-electron chi connectivity index (χ0n) is 10.9. The molecule has 2 aromatic carbocycles. The van der Waals surface area contributed by atoms with Gasteiger partial charge in [-0.25, -0.2) is 0 Å². The smallest absolute Gasteiger partial charge is 0.115 e. The van der Waals surface area contributed by atoms with E-state index in [1.807, 2.05) is 36.4 Å². The van der Waals surface area contributed by atoms with Gasteiger partial charge in [-0.3, -0.25) is 9.97 Å². The summed E-state index contributed by atoms with van der Waals surface area (Å²) in [6.45, 7) is 0. The van der Waals surface area contributed by atoms with Gasteiger partial charge in [0.15, 0.2) is 0 Å². The summed E-state index contributed by atoms with van der Waals surface area (Å²) < 4.78 is 0. The van der Waals surface area contributed by atoms with E-state index >= 15 is 0 Å². The highest BCUT2D eigenvalue weighted by molar-refractivity contribution is 6.37. The minimum Gasteiger partial charge on any atom is -0.254 e. The quantitative estimate of drug-likeness (QED) is 0.534. The van der Waals surface area contributed by atoms with Crippen LogP contribution in [-0.4, -0.2) is 20.2 Å². The molecule has 0 aliphatic rings. The van der Waals surface area contributed by atoms with Gasteiger partial charge >= 0.3 is 0 Å². The molecule has 100 valence electrons. The van der Waals surface area contributed by atoms with E-state index in [9.17, 15) is 0 Å². The molecule has 2 aromatic heterocycles. The molecule has 4 aromatic rings. The van der Waals surface area contributed by atoms with Crippen LogP contribution in [0.3, 0.4) is 0 Å². The molecule has 0 amide bonds. The summed E-state index contributed by atoms with van der Waals surface area (Å²) in [7, 11) is 0. The molecule has 0 atom stereocenters. The SMILES string of the molecule is Clc1cc2c(-c3ccccc3)nccnc2c2cnnc12. The Morgan fingerprint density at radius 1 is 0.857 bits per heavy atom. The predicted octanol–water partition coefficient (Wildman–Crippen LogP) is 3.89. The minimum atomic E-state index is 0.557. The number of hydrogen-bond donors (Lipinski definition) is 0. The van der Waals surface area contributed by atoms with E-state index in [0.29, 0.717) is 10.5 Å². The van der Waals surface area contributed by atoms with Gasteiger partial charge in [-0.2, -0.15) is 5.10 Å². The van der Waals surface area contributed by atoms with E-state index in [1.54, 1.807) is 18.6 Å². The van der Waals surface area contributed by atoms with Crippen LogP contribution in [-0.2, 0) is 0 Å². The maximum absolute atomic E-state index is 6.32. The number of halogens is 1. The second-order valence-corrected chi connectivity index (χ2v) is 5.04. The van der Waals surface area contributed by atoms with Gasteiger partial charge in [-0.1, -0.05) is 41.9 Å². The average molecular weight is 293 g/mol. The van der Waals surface area contributed by atoms with Crippen LogP contribution in [0.4, 0.5) is 0 Å². The first-order valence-corrected chi connectivity index (χ1v) is 6.82. The zero-order chi connectivity index (χ0) is 14.2. The molecule has 4 rings (SSSR count). The van der Waals surface area contributed by atoms with Crippen molar-refractivity contribution in [3.05, 3.63) is 60.0 Å². The summed E-state index contributed by atoms with van der Waals surface area (Å²) >= 11 is 6.32. The lowest BCUT2D eigenvalue weighted by Crippen LogP contribution is -1.83. The fraction of sp³-hybridized carbons (Fsp3) is 0. The van der Waals surface area contributed by atoms with E-state index in [4.69, 9.17) is 11.6 Å². The minimum absolute atomic E-state index is 0.557. The Balaban J connectivity index is 2.21. The van der Waals surface area contributed by atoms with Crippen molar-refractivity contribution in [2.24, 2.45) is 0 Å². The summed E-state index contributed by atoms with van der Waals surface area (Å²) in [4.78, 5) is 8.98. The maximum atomic E-state index is 6.32. The van der Waals surface area contributed by atoms with Crippen LogP contribution in [0.15, 0.2) is 55.0 Å². The first-order chi connectivity index (χ1) is 10.3. The third-order valence-electron chi connectivity index (χ3n) is 3.38. The normalized spacial score (nSPS) is 11.1. The van der Waals surface area contributed by atoms with E-state index in [2.05, 4.69) is 20.2 Å². The highest BCUT2D eigenvalue weighted by Crippen LogP contribution is 2.33. The topological polar surface area (TPSA) is 51.6 Å². The monoisotopic (exact) mass is 292 g/mol. The van der Waals surface area contributed by atoms with Gasteiger partial charge < -0.3 is 0 Å². The largest absolute Gasteiger partial charge is 0.254 e. The van der Waals surface area contributed by atoms with Crippen molar-refractivity contribution in [2.45, 2.75) is 0 Å². The summed E-state index contributed by atoms with van der Waals surface area (Å²) in [5.74, 6) is 0. The second kappa shape index (κ2) is 4.75. The van der Waals surface area contributed by atoms with E-state index in [1.165, 1.54) is 0 Å². The molecule has 0 bridgehead atoms. The van der Waals surface area contributed by atoms with Crippen molar-refractivity contribution in [1.29, 1.82) is 0 Å². The summed E-state index contributed by atoms with van der Waals surface area (Å²) in [6.07, 6.45) is 5.05. The molecule has 0 saturated carbocycles. The number of aromatic nitrogens is 4. The Bertz CT molecular complexity index is 954. The number of hydrogen-bond acceptors (Lipinski definition) is 4. The first-order valence-electron chi connectivity index (χ1n) is 6.44. The molecule has 0 spiro atoms. The highest BCUT2D eigenvalue weighted by Gasteiger charge is 2.12. The van der Waals surface area contributed by atoms with Crippen molar-refractivity contribution >= 4 is 33.4 Å². The van der Waals surface area contributed by atoms with Crippen molar-refractivity contribution in [1.82, 2.24) is 20.2 Å². The van der Waals surface area contributed by atoms with E-state index < -0.39 is 0 Å². The third kappa shape index (κ3) is 1.92. The van der Waals surface area contributed by atoms with Gasteiger partial charge in [-0.15, -0.1) is 5.10 Å². The molecular weight excluding hydrogens is 284 g/mol. The molecule has 0 radical (unpaired) electrons. The molecule has 0 unspecified atom stereocenters. The standard InChI is InChI=1S/C16H9ClN4/c17-13-8-11-14(10-4-2-1-3-5-10)18-6-7-19-15(11)12-9-20-21-16(12)13/h1-9H. The van der Waals surface area contributed by atoms with Gasteiger partial charge in [0.05, 0.1) is 27.8 Å². The maximum Gasteiger partial charge on any atom is 0.115 e. The first kappa shape index (κ1) is 12.2. The number of nitrogens with zero attached hydrogens (tertiary/aromatic N) is 4. The average Bonchev–Trinajstić information content (AvgIpc) is 2.92. The van der Waals surface area contributed by atoms with Gasteiger partial charge in [0.25, 0.3) is 0 Å². The Hall–Kier alpha value is -2.59. The summed E-state index contributed by atoms with van der Waals surface area (Å²) in [5, 5.41) is 10.3. The molecule has 0 aliphatic heterocycles. The van der Waals surface area contributed by atoms with Crippen LogP contribution in [0.5, 0.6) is 0 Å². The molecule has 0 N–H and O–H groups in total. The second-order valence-electron chi connectivity index (χ2n) is 4.63. The highest BCUT2D eigenvalue weighted by atomic mass is 35.5. The molecule has 5 heteroatoms. The van der Waals surface area contributed by atoms with Crippen LogP contribution in [0.2, 0.25) is 5.02 Å². The Kier molecular flexibility index (Phi) is 2.75. The van der Waals surface area contributed by atoms with Crippen molar-refractivity contribution in [3.8, 4) is 11.3 Å². The number of benzene rings is 2. The summed E-state index contributed by atoms with van der Waals surface area (Å²) in [6, 6.07) is 11.8. The van der Waals surface area contributed by atoms with Crippen LogP contribution in [0, 0.1) is 0 Å². The van der Waals surface area contributed by atoms with Crippen LogP contribution < -0.4 is 0 Å². The molecule has 0 saturated heterocycles. The van der Waals surface area contributed by atoms with Gasteiger partial charge in [0, 0.05) is 23.3 Å². The van der Waals surface area contributed by atoms with E-state index in [-0.39, 0.29) is 0 Å². The Morgan fingerprint density at radius 3 is 2.52 bits per heavy atom. The molecule has 21 heavy (non-hydrogen) atoms. The Labute approximate surface area is 125 Å². The van der Waals surface area contributed by atoms with Crippen molar-refractivity contribution < 1.29 is 0 Å². The molecule has 0 aliphatic carbocycles. The summed E-state index contributed by atoms with van der Waals surface area (Å²) in [5.41, 5.74) is 3.33. The van der Waals surface area contributed by atoms with Crippen LogP contribution in [0.1, 0.15) is 0 Å².